The Morgan fingerprint density at radius 2 is 1.82 bits per heavy atom. The van der Waals surface area contributed by atoms with Crippen molar-refractivity contribution in [2.24, 2.45) is 0 Å². The first kappa shape index (κ1) is 16.6. The first-order chi connectivity index (χ1) is 10.1. The van der Waals surface area contributed by atoms with E-state index in [1.807, 2.05) is 5.32 Å². The van der Waals surface area contributed by atoms with Gasteiger partial charge in [0.15, 0.2) is 0 Å². The Hall–Kier alpha value is -1.76. The molecule has 0 aliphatic heterocycles. The van der Waals surface area contributed by atoms with E-state index in [0.717, 1.165) is 0 Å². The molecular weight excluding hydrogens is 323 g/mol. The molecule has 1 aliphatic rings. The summed E-state index contributed by atoms with van der Waals surface area (Å²) in [7, 11) is 0. The minimum Gasteiger partial charge on any atom is -0.480 e. The van der Waals surface area contributed by atoms with Crippen LogP contribution in [0.4, 0.5) is 13.2 Å². The van der Waals surface area contributed by atoms with Crippen molar-refractivity contribution in [1.29, 1.82) is 0 Å². The predicted octanol–water partition coefficient (Wildman–Crippen LogP) is 2.89. The van der Waals surface area contributed by atoms with Crippen LogP contribution < -0.4 is 5.32 Å². The lowest BCUT2D eigenvalue weighted by Crippen LogP contribution is -2.47. The molecule has 120 valence electrons. The molecule has 4 nitrogen and oxygen atoms in total. The average molecular weight is 336 g/mol. The fourth-order valence-electron chi connectivity index (χ4n) is 2.27. The second-order valence-corrected chi connectivity index (χ2v) is 5.71. The van der Waals surface area contributed by atoms with E-state index in [0.29, 0.717) is 23.4 Å². The maximum Gasteiger partial charge on any atom is 0.391 e. The van der Waals surface area contributed by atoms with Crippen LogP contribution in [0.5, 0.6) is 0 Å². The van der Waals surface area contributed by atoms with E-state index in [-0.39, 0.29) is 0 Å². The minimum atomic E-state index is -4.67. The molecule has 2 N–H and O–H groups in total. The van der Waals surface area contributed by atoms with Gasteiger partial charge in [-0.3, -0.25) is 4.79 Å². The topological polar surface area (TPSA) is 66.4 Å². The highest BCUT2D eigenvalue weighted by Crippen LogP contribution is 2.48. The maximum absolute atomic E-state index is 12.4. The van der Waals surface area contributed by atoms with Crippen LogP contribution >= 0.6 is 11.6 Å². The fourth-order valence-corrected chi connectivity index (χ4v) is 2.39. The lowest BCUT2D eigenvalue weighted by molar-refractivity contribution is -0.160. The van der Waals surface area contributed by atoms with Gasteiger partial charge in [-0.1, -0.05) is 23.7 Å². The summed E-state index contributed by atoms with van der Waals surface area (Å²) in [5.41, 5.74) is -0.338. The largest absolute Gasteiger partial charge is 0.480 e. The predicted molar refractivity (Wildman–Crippen MR) is 72.6 cm³/mol. The monoisotopic (exact) mass is 335 g/mol. The number of alkyl halides is 3. The van der Waals surface area contributed by atoms with Crippen LogP contribution in [-0.2, 0) is 15.0 Å². The van der Waals surface area contributed by atoms with Gasteiger partial charge in [-0.15, -0.1) is 0 Å². The van der Waals surface area contributed by atoms with Crippen molar-refractivity contribution >= 4 is 23.5 Å². The molecule has 2 rings (SSSR count). The molecule has 1 saturated carbocycles. The number of carbonyl (C=O) groups is 2. The summed E-state index contributed by atoms with van der Waals surface area (Å²) < 4.78 is 37.1. The third kappa shape index (κ3) is 3.71. The van der Waals surface area contributed by atoms with E-state index in [2.05, 4.69) is 0 Å². The van der Waals surface area contributed by atoms with Crippen LogP contribution in [0, 0.1) is 0 Å². The standard InChI is InChI=1S/C14H13ClF3NO3/c15-9-3-1-8(2-4-9)13(5-6-13)12(22)19-10(11(20)21)7-14(16,17)18/h1-4,10H,5-7H2,(H,19,22)(H,20,21). The van der Waals surface area contributed by atoms with Crippen LogP contribution in [0.15, 0.2) is 24.3 Å². The van der Waals surface area contributed by atoms with Gasteiger partial charge >= 0.3 is 12.1 Å². The van der Waals surface area contributed by atoms with Gasteiger partial charge in [0.1, 0.15) is 6.04 Å². The number of carbonyl (C=O) groups excluding carboxylic acids is 1. The van der Waals surface area contributed by atoms with E-state index in [4.69, 9.17) is 16.7 Å². The molecule has 1 fully saturated rings. The molecule has 1 atom stereocenters. The summed E-state index contributed by atoms with van der Waals surface area (Å²) in [6, 6.07) is 4.41. The first-order valence-electron chi connectivity index (χ1n) is 6.51. The summed E-state index contributed by atoms with van der Waals surface area (Å²) in [6.07, 6.45) is -5.37. The lowest BCUT2D eigenvalue weighted by atomic mass is 9.94. The number of hydrogen-bond acceptors (Lipinski definition) is 2. The van der Waals surface area contributed by atoms with E-state index >= 15 is 0 Å². The molecule has 0 spiro atoms. The Labute approximate surface area is 129 Å². The SMILES string of the molecule is O=C(O)C(CC(F)(F)F)NC(=O)C1(c2ccc(Cl)cc2)CC1. The number of rotatable bonds is 5. The van der Waals surface area contributed by atoms with E-state index in [1.165, 1.54) is 0 Å². The third-order valence-corrected chi connectivity index (χ3v) is 3.87. The van der Waals surface area contributed by atoms with Gasteiger partial charge in [0.2, 0.25) is 5.91 Å². The number of carboxylic acids is 1. The second-order valence-electron chi connectivity index (χ2n) is 5.27. The minimum absolute atomic E-state index is 0.457. The van der Waals surface area contributed by atoms with Gasteiger partial charge in [-0.2, -0.15) is 13.2 Å². The number of nitrogens with one attached hydrogen (secondary N) is 1. The molecule has 0 radical (unpaired) electrons. The third-order valence-electron chi connectivity index (χ3n) is 3.62. The molecular formula is C14H13ClF3NO3. The number of halogens is 4. The zero-order valence-corrected chi connectivity index (χ0v) is 12.0. The van der Waals surface area contributed by atoms with Crippen molar-refractivity contribution in [2.75, 3.05) is 0 Å². The Morgan fingerprint density at radius 3 is 2.23 bits per heavy atom. The van der Waals surface area contributed by atoms with Gasteiger partial charge in [0.25, 0.3) is 0 Å². The molecule has 0 heterocycles. The average Bonchev–Trinajstić information content (AvgIpc) is 3.18. The van der Waals surface area contributed by atoms with Crippen LogP contribution in [0.2, 0.25) is 5.02 Å². The number of carboxylic acid groups (broad SMARTS) is 1. The van der Waals surface area contributed by atoms with E-state index < -0.39 is 35.9 Å². The molecule has 1 aliphatic carbocycles. The fraction of sp³-hybridized carbons (Fsp3) is 0.429. The van der Waals surface area contributed by atoms with Crippen LogP contribution in [0.25, 0.3) is 0 Å². The molecule has 22 heavy (non-hydrogen) atoms. The molecule has 0 bridgehead atoms. The number of benzene rings is 1. The van der Waals surface area contributed by atoms with E-state index in [9.17, 15) is 22.8 Å². The highest BCUT2D eigenvalue weighted by atomic mass is 35.5. The molecule has 0 saturated heterocycles. The van der Waals surface area contributed by atoms with Crippen molar-refractivity contribution in [1.82, 2.24) is 5.32 Å². The van der Waals surface area contributed by atoms with Gasteiger partial charge in [-0.05, 0) is 30.5 Å². The summed E-state index contributed by atoms with van der Waals surface area (Å²) >= 11 is 5.76. The summed E-state index contributed by atoms with van der Waals surface area (Å²) in [5, 5.41) is 11.3. The number of aliphatic carboxylic acids is 1. The maximum atomic E-state index is 12.4. The molecule has 8 heteroatoms. The van der Waals surface area contributed by atoms with Crippen molar-refractivity contribution in [3.8, 4) is 0 Å². The van der Waals surface area contributed by atoms with Crippen molar-refractivity contribution in [2.45, 2.75) is 36.9 Å². The van der Waals surface area contributed by atoms with Crippen LogP contribution in [0.3, 0.4) is 0 Å². The Morgan fingerprint density at radius 1 is 1.27 bits per heavy atom. The quantitative estimate of drug-likeness (QED) is 0.869. The van der Waals surface area contributed by atoms with E-state index in [1.54, 1.807) is 24.3 Å². The highest BCUT2D eigenvalue weighted by Gasteiger charge is 2.52. The number of hydrogen-bond donors (Lipinski definition) is 2. The van der Waals surface area contributed by atoms with Gasteiger partial charge in [-0.25, -0.2) is 4.79 Å². The number of amides is 1. The summed E-state index contributed by atoms with van der Waals surface area (Å²) in [4.78, 5) is 23.1. The molecule has 0 aromatic heterocycles. The molecule has 1 aromatic rings. The second kappa shape index (κ2) is 5.79. The van der Waals surface area contributed by atoms with Crippen molar-refractivity contribution < 1.29 is 27.9 Å². The first-order valence-corrected chi connectivity index (χ1v) is 6.88. The van der Waals surface area contributed by atoms with Crippen molar-refractivity contribution in [3.05, 3.63) is 34.9 Å². The zero-order valence-electron chi connectivity index (χ0n) is 11.3. The van der Waals surface area contributed by atoms with Gasteiger partial charge < -0.3 is 10.4 Å². The zero-order chi connectivity index (χ0) is 16.5. The Bertz CT molecular complexity index is 582. The van der Waals surface area contributed by atoms with Gasteiger partial charge in [0.05, 0.1) is 11.8 Å². The summed E-state index contributed by atoms with van der Waals surface area (Å²) in [5.74, 6) is -2.41. The lowest BCUT2D eigenvalue weighted by Gasteiger charge is -2.21. The molecule has 1 unspecified atom stereocenters. The van der Waals surface area contributed by atoms with Gasteiger partial charge in [0, 0.05) is 5.02 Å². The Balaban J connectivity index is 2.13. The highest BCUT2D eigenvalue weighted by molar-refractivity contribution is 6.30. The van der Waals surface area contributed by atoms with Crippen LogP contribution in [-0.4, -0.2) is 29.2 Å². The molecule has 1 amide bonds. The Kier molecular flexibility index (Phi) is 4.37. The normalized spacial score (nSPS) is 17.6. The summed E-state index contributed by atoms with van der Waals surface area (Å²) in [6.45, 7) is 0. The van der Waals surface area contributed by atoms with Crippen molar-refractivity contribution in [3.63, 3.8) is 0 Å². The molecule has 1 aromatic carbocycles. The van der Waals surface area contributed by atoms with Crippen LogP contribution in [0.1, 0.15) is 24.8 Å². The smallest absolute Gasteiger partial charge is 0.391 e.